The second-order valence-corrected chi connectivity index (χ2v) is 6.13. The summed E-state index contributed by atoms with van der Waals surface area (Å²) in [6, 6.07) is 0. The molecule has 0 aromatic carbocycles. The van der Waals surface area contributed by atoms with Crippen LogP contribution in [0.4, 0.5) is 0 Å². The summed E-state index contributed by atoms with van der Waals surface area (Å²) in [6.45, 7) is 2.22. The van der Waals surface area contributed by atoms with Gasteiger partial charge in [-0.2, -0.15) is 11.3 Å². The average molecular weight is 289 g/mol. The average Bonchev–Trinajstić information content (AvgIpc) is 2.65. The van der Waals surface area contributed by atoms with Gasteiger partial charge in [-0.3, -0.25) is 0 Å². The maximum Gasteiger partial charge on any atom is 0.0918 e. The van der Waals surface area contributed by atoms with Crippen LogP contribution in [0.25, 0.3) is 0 Å². The minimum atomic E-state index is -0.572. The maximum absolute atomic E-state index is 10.7. The predicted molar refractivity (Wildman–Crippen MR) is 68.2 cm³/mol. The van der Waals surface area contributed by atoms with Crippen molar-refractivity contribution in [3.63, 3.8) is 0 Å². The molecule has 2 unspecified atom stereocenters. The van der Waals surface area contributed by atoms with E-state index in [-0.39, 0.29) is 0 Å². The normalized spacial score (nSPS) is 31.8. The summed E-state index contributed by atoms with van der Waals surface area (Å²) in [4.78, 5) is 0. The summed E-state index contributed by atoms with van der Waals surface area (Å²) in [7, 11) is 0. The Labute approximate surface area is 104 Å². The minimum absolute atomic E-state index is 0.572. The van der Waals surface area contributed by atoms with Gasteiger partial charge in [-0.15, -0.1) is 0 Å². The van der Waals surface area contributed by atoms with E-state index in [9.17, 15) is 5.11 Å². The van der Waals surface area contributed by atoms with Gasteiger partial charge in [0.25, 0.3) is 0 Å². The molecule has 0 spiro atoms. The Morgan fingerprint density at radius 1 is 1.60 bits per heavy atom. The van der Waals surface area contributed by atoms with E-state index in [4.69, 9.17) is 0 Å². The maximum atomic E-state index is 10.7. The second kappa shape index (κ2) is 4.56. The van der Waals surface area contributed by atoms with Crippen LogP contribution in [0, 0.1) is 5.92 Å². The van der Waals surface area contributed by atoms with Crippen molar-refractivity contribution in [3.05, 3.63) is 20.8 Å². The minimum Gasteiger partial charge on any atom is -0.385 e. The molecule has 0 aliphatic heterocycles. The van der Waals surface area contributed by atoms with Gasteiger partial charge in [0, 0.05) is 15.4 Å². The molecule has 1 saturated carbocycles. The first-order valence-electron chi connectivity index (χ1n) is 5.60. The largest absolute Gasteiger partial charge is 0.385 e. The first-order chi connectivity index (χ1) is 7.15. The summed E-state index contributed by atoms with van der Waals surface area (Å²) in [6.07, 6.45) is 5.46. The highest BCUT2D eigenvalue weighted by Crippen LogP contribution is 2.44. The van der Waals surface area contributed by atoms with Gasteiger partial charge in [-0.1, -0.05) is 19.8 Å². The third-order valence-electron chi connectivity index (χ3n) is 3.52. The molecule has 1 aromatic rings. The lowest BCUT2D eigenvalue weighted by molar-refractivity contribution is -0.0219. The zero-order valence-corrected chi connectivity index (χ0v) is 11.4. The van der Waals surface area contributed by atoms with Crippen molar-refractivity contribution in [2.24, 2.45) is 5.92 Å². The van der Waals surface area contributed by atoms with Crippen molar-refractivity contribution in [1.29, 1.82) is 0 Å². The van der Waals surface area contributed by atoms with Gasteiger partial charge in [0.05, 0.1) is 5.60 Å². The fraction of sp³-hybridized carbons (Fsp3) is 0.667. The molecule has 0 amide bonds. The Morgan fingerprint density at radius 2 is 2.40 bits per heavy atom. The highest BCUT2D eigenvalue weighted by molar-refractivity contribution is 9.10. The molecule has 0 bridgehead atoms. The molecular weight excluding hydrogens is 272 g/mol. The third-order valence-corrected chi connectivity index (χ3v) is 5.23. The van der Waals surface area contributed by atoms with E-state index in [1.165, 1.54) is 12.8 Å². The van der Waals surface area contributed by atoms with Gasteiger partial charge in [-0.25, -0.2) is 0 Å². The number of rotatable bonds is 2. The smallest absolute Gasteiger partial charge is 0.0918 e. The monoisotopic (exact) mass is 288 g/mol. The molecule has 1 heterocycles. The molecule has 0 saturated heterocycles. The molecule has 1 aliphatic carbocycles. The number of halogens is 1. The molecule has 1 fully saturated rings. The highest BCUT2D eigenvalue weighted by Gasteiger charge is 2.36. The molecule has 1 nitrogen and oxygen atoms in total. The summed E-state index contributed by atoms with van der Waals surface area (Å²) in [5.74, 6) is 0.690. The number of aliphatic hydroxyl groups is 1. The number of thiophene rings is 1. The quantitative estimate of drug-likeness (QED) is 0.860. The Hall–Kier alpha value is 0.140. The Morgan fingerprint density at radius 3 is 3.00 bits per heavy atom. The molecule has 1 N–H and O–H groups in total. The summed E-state index contributed by atoms with van der Waals surface area (Å²) in [5, 5.41) is 14.8. The molecule has 1 aromatic heterocycles. The van der Waals surface area contributed by atoms with Crippen molar-refractivity contribution >= 4 is 27.3 Å². The fourth-order valence-corrected chi connectivity index (χ4v) is 4.33. The van der Waals surface area contributed by atoms with Gasteiger partial charge < -0.3 is 5.11 Å². The van der Waals surface area contributed by atoms with Crippen LogP contribution in [-0.4, -0.2) is 5.11 Å². The Balaban J connectivity index is 2.22. The molecule has 15 heavy (non-hydrogen) atoms. The van der Waals surface area contributed by atoms with E-state index in [1.807, 2.05) is 0 Å². The number of hydrogen-bond acceptors (Lipinski definition) is 2. The van der Waals surface area contributed by atoms with Crippen LogP contribution in [0.2, 0.25) is 0 Å². The van der Waals surface area contributed by atoms with Gasteiger partial charge in [0.2, 0.25) is 0 Å². The van der Waals surface area contributed by atoms with Gasteiger partial charge >= 0.3 is 0 Å². The lowest BCUT2D eigenvalue weighted by atomic mass is 9.74. The van der Waals surface area contributed by atoms with Crippen LogP contribution < -0.4 is 0 Å². The van der Waals surface area contributed by atoms with Crippen LogP contribution in [0.1, 0.15) is 44.6 Å². The van der Waals surface area contributed by atoms with Crippen molar-refractivity contribution in [2.75, 3.05) is 0 Å². The van der Waals surface area contributed by atoms with Crippen LogP contribution in [-0.2, 0) is 5.60 Å². The highest BCUT2D eigenvalue weighted by atomic mass is 79.9. The second-order valence-electron chi connectivity index (χ2n) is 4.54. The van der Waals surface area contributed by atoms with E-state index in [2.05, 4.69) is 33.6 Å². The van der Waals surface area contributed by atoms with E-state index in [0.717, 1.165) is 29.3 Å². The molecule has 84 valence electrons. The van der Waals surface area contributed by atoms with E-state index >= 15 is 0 Å². The number of hydrogen-bond donors (Lipinski definition) is 1. The molecule has 2 atom stereocenters. The first kappa shape index (κ1) is 11.6. The topological polar surface area (TPSA) is 20.2 Å². The lowest BCUT2D eigenvalue weighted by Crippen LogP contribution is -2.32. The molecule has 1 aliphatic rings. The van der Waals surface area contributed by atoms with Crippen molar-refractivity contribution in [1.82, 2.24) is 0 Å². The fourth-order valence-electron chi connectivity index (χ4n) is 2.57. The molecule has 0 radical (unpaired) electrons. The third kappa shape index (κ3) is 2.29. The summed E-state index contributed by atoms with van der Waals surface area (Å²) < 4.78 is 1.08. The van der Waals surface area contributed by atoms with E-state index < -0.39 is 5.60 Å². The predicted octanol–water partition coefficient (Wildman–Crippen LogP) is 4.30. The van der Waals surface area contributed by atoms with E-state index in [1.54, 1.807) is 11.3 Å². The summed E-state index contributed by atoms with van der Waals surface area (Å²) in [5.41, 5.74) is 0.531. The van der Waals surface area contributed by atoms with Gasteiger partial charge in [0.1, 0.15) is 0 Å². The zero-order valence-electron chi connectivity index (χ0n) is 9.00. The zero-order chi connectivity index (χ0) is 10.9. The van der Waals surface area contributed by atoms with Crippen LogP contribution >= 0.6 is 27.3 Å². The van der Waals surface area contributed by atoms with Crippen LogP contribution in [0.3, 0.4) is 0 Å². The molecule has 3 heteroatoms. The first-order valence-corrected chi connectivity index (χ1v) is 7.34. The molecular formula is C12H17BrOS. The standard InChI is InChI=1S/C12H17BrOS/c1-2-9-4-3-5-12(14,6-9)10-7-15-8-11(10)13/h7-9,14H,2-6H2,1H3. The van der Waals surface area contributed by atoms with Crippen molar-refractivity contribution in [2.45, 2.75) is 44.6 Å². The Kier molecular flexibility index (Phi) is 3.53. The van der Waals surface area contributed by atoms with E-state index in [0.29, 0.717) is 5.92 Å². The van der Waals surface area contributed by atoms with Crippen LogP contribution in [0.15, 0.2) is 15.2 Å². The van der Waals surface area contributed by atoms with Crippen molar-refractivity contribution < 1.29 is 5.11 Å². The lowest BCUT2D eigenvalue weighted by Gasteiger charge is -2.36. The van der Waals surface area contributed by atoms with Crippen LogP contribution in [0.5, 0.6) is 0 Å². The molecule has 2 rings (SSSR count). The SMILES string of the molecule is CCC1CCCC(O)(c2cscc2Br)C1. The van der Waals surface area contributed by atoms with Gasteiger partial charge in [0.15, 0.2) is 0 Å². The van der Waals surface area contributed by atoms with Gasteiger partial charge in [-0.05, 0) is 46.5 Å². The Bertz CT molecular complexity index is 336. The summed E-state index contributed by atoms with van der Waals surface area (Å²) >= 11 is 5.19. The van der Waals surface area contributed by atoms with Crippen molar-refractivity contribution in [3.8, 4) is 0 Å².